The lowest BCUT2D eigenvalue weighted by molar-refractivity contribution is -0.119. The van der Waals surface area contributed by atoms with Gasteiger partial charge in [0, 0.05) is 24.3 Å². The van der Waals surface area contributed by atoms with E-state index in [2.05, 4.69) is 5.32 Å². The summed E-state index contributed by atoms with van der Waals surface area (Å²) in [4.78, 5) is 37.8. The van der Waals surface area contributed by atoms with Crippen LogP contribution in [0.2, 0.25) is 0 Å². The van der Waals surface area contributed by atoms with Gasteiger partial charge >= 0.3 is 5.97 Å². The van der Waals surface area contributed by atoms with Crippen molar-refractivity contribution >= 4 is 23.5 Å². The van der Waals surface area contributed by atoms with Crippen LogP contribution >= 0.6 is 0 Å². The van der Waals surface area contributed by atoms with E-state index in [1.54, 1.807) is 29.2 Å². The van der Waals surface area contributed by atoms with E-state index in [0.29, 0.717) is 24.3 Å². The third-order valence-electron chi connectivity index (χ3n) is 3.84. The fourth-order valence-electron chi connectivity index (χ4n) is 2.45. The first-order valence-electron chi connectivity index (χ1n) is 8.56. The lowest BCUT2D eigenvalue weighted by Gasteiger charge is -2.19. The predicted molar refractivity (Wildman–Crippen MR) is 99.0 cm³/mol. The highest BCUT2D eigenvalue weighted by molar-refractivity contribution is 5.98. The molecule has 2 rings (SSSR count). The molecule has 2 amide bonds. The minimum Gasteiger partial charge on any atom is -0.452 e. The molecule has 0 bridgehead atoms. The molecule has 2 aromatic carbocycles. The van der Waals surface area contributed by atoms with Crippen molar-refractivity contribution in [2.24, 2.45) is 0 Å². The summed E-state index contributed by atoms with van der Waals surface area (Å²) in [7, 11) is 0. The molecule has 0 spiro atoms. The molecule has 0 aromatic heterocycles. The van der Waals surface area contributed by atoms with Gasteiger partial charge in [0.25, 0.3) is 11.8 Å². The summed E-state index contributed by atoms with van der Waals surface area (Å²) in [5.41, 5.74) is 0.891. The van der Waals surface area contributed by atoms with Gasteiger partial charge in [-0.2, -0.15) is 0 Å². The van der Waals surface area contributed by atoms with Crippen LogP contribution in [0.15, 0.2) is 48.5 Å². The first kappa shape index (κ1) is 20.1. The standard InChI is InChI=1S/C20H21FN2O4/c1-3-23(4-2)19(25)14-7-6-10-17(12-14)22-18(24)13-27-20(26)15-8-5-9-16(21)11-15/h5-12H,3-4,13H2,1-2H3,(H,22,24). The van der Waals surface area contributed by atoms with Crippen LogP contribution in [0.25, 0.3) is 0 Å². The van der Waals surface area contributed by atoms with Crippen molar-refractivity contribution in [3.8, 4) is 0 Å². The molecule has 0 aliphatic heterocycles. The average molecular weight is 372 g/mol. The van der Waals surface area contributed by atoms with Gasteiger partial charge in [-0.1, -0.05) is 12.1 Å². The number of esters is 1. The summed E-state index contributed by atoms with van der Waals surface area (Å²) in [5.74, 6) is -2.06. The minimum atomic E-state index is -0.796. The molecular formula is C20H21FN2O4. The Morgan fingerprint density at radius 2 is 1.67 bits per heavy atom. The van der Waals surface area contributed by atoms with E-state index in [-0.39, 0.29) is 11.5 Å². The molecule has 1 N–H and O–H groups in total. The number of nitrogens with one attached hydrogen (secondary N) is 1. The van der Waals surface area contributed by atoms with Crippen LogP contribution in [-0.2, 0) is 9.53 Å². The summed E-state index contributed by atoms with van der Waals surface area (Å²) in [6, 6.07) is 11.5. The monoisotopic (exact) mass is 372 g/mol. The number of nitrogens with zero attached hydrogens (tertiary/aromatic N) is 1. The van der Waals surface area contributed by atoms with Gasteiger partial charge in [-0.05, 0) is 50.2 Å². The number of carbonyl (C=O) groups is 3. The average Bonchev–Trinajstić information content (AvgIpc) is 2.67. The van der Waals surface area contributed by atoms with Crippen LogP contribution in [0.1, 0.15) is 34.6 Å². The molecule has 0 atom stereocenters. The molecule has 2 aromatic rings. The van der Waals surface area contributed by atoms with Crippen LogP contribution in [0, 0.1) is 5.82 Å². The Bertz CT molecular complexity index is 834. The molecule has 0 aliphatic rings. The Hall–Kier alpha value is -3.22. The van der Waals surface area contributed by atoms with Crippen molar-refractivity contribution in [3.63, 3.8) is 0 Å². The summed E-state index contributed by atoms with van der Waals surface area (Å²) < 4.78 is 18.0. The van der Waals surface area contributed by atoms with E-state index in [4.69, 9.17) is 4.74 Å². The fraction of sp³-hybridized carbons (Fsp3) is 0.250. The molecule has 0 saturated carbocycles. The SMILES string of the molecule is CCN(CC)C(=O)c1cccc(NC(=O)COC(=O)c2cccc(F)c2)c1. The van der Waals surface area contributed by atoms with Gasteiger partial charge in [0.15, 0.2) is 6.61 Å². The van der Waals surface area contributed by atoms with Crippen molar-refractivity contribution in [3.05, 3.63) is 65.5 Å². The van der Waals surface area contributed by atoms with E-state index in [1.807, 2.05) is 13.8 Å². The van der Waals surface area contributed by atoms with Crippen molar-refractivity contribution in [2.75, 3.05) is 25.0 Å². The molecule has 0 aliphatic carbocycles. The van der Waals surface area contributed by atoms with Gasteiger partial charge in [-0.3, -0.25) is 9.59 Å². The number of benzene rings is 2. The van der Waals surface area contributed by atoms with Crippen LogP contribution in [0.5, 0.6) is 0 Å². The van der Waals surface area contributed by atoms with E-state index < -0.39 is 24.3 Å². The Kier molecular flexibility index (Phi) is 7.05. The number of halogens is 1. The normalized spacial score (nSPS) is 10.2. The fourth-order valence-corrected chi connectivity index (χ4v) is 2.45. The number of carbonyl (C=O) groups excluding carboxylic acids is 3. The van der Waals surface area contributed by atoms with Crippen LogP contribution in [0.3, 0.4) is 0 Å². The van der Waals surface area contributed by atoms with Gasteiger partial charge in [0.05, 0.1) is 5.56 Å². The molecule has 7 heteroatoms. The number of ether oxygens (including phenoxy) is 1. The molecule has 0 radical (unpaired) electrons. The molecule has 0 fully saturated rings. The third kappa shape index (κ3) is 5.64. The second-order valence-electron chi connectivity index (χ2n) is 5.69. The molecule has 0 heterocycles. The molecule has 6 nitrogen and oxygen atoms in total. The van der Waals surface area contributed by atoms with Gasteiger partial charge < -0.3 is 15.0 Å². The van der Waals surface area contributed by atoms with E-state index in [1.165, 1.54) is 18.2 Å². The van der Waals surface area contributed by atoms with Gasteiger partial charge in [0.1, 0.15) is 5.82 Å². The second-order valence-corrected chi connectivity index (χ2v) is 5.69. The second kappa shape index (κ2) is 9.47. The predicted octanol–water partition coefficient (Wildman–Crippen LogP) is 3.10. The van der Waals surface area contributed by atoms with Crippen molar-refractivity contribution < 1.29 is 23.5 Å². The number of anilines is 1. The summed E-state index contributed by atoms with van der Waals surface area (Å²) >= 11 is 0. The van der Waals surface area contributed by atoms with Gasteiger partial charge in [0.2, 0.25) is 0 Å². The minimum absolute atomic E-state index is 0.0228. The lowest BCUT2D eigenvalue weighted by atomic mass is 10.1. The summed E-state index contributed by atoms with van der Waals surface area (Å²) in [5, 5.41) is 2.57. The maximum absolute atomic E-state index is 13.1. The third-order valence-corrected chi connectivity index (χ3v) is 3.84. The highest BCUT2D eigenvalue weighted by Gasteiger charge is 2.14. The molecular weight excluding hydrogens is 351 g/mol. The molecule has 0 saturated heterocycles. The highest BCUT2D eigenvalue weighted by Crippen LogP contribution is 2.13. The van der Waals surface area contributed by atoms with Crippen LogP contribution in [0.4, 0.5) is 10.1 Å². The Morgan fingerprint density at radius 3 is 2.33 bits per heavy atom. The molecule has 27 heavy (non-hydrogen) atoms. The van der Waals surface area contributed by atoms with Crippen molar-refractivity contribution in [2.45, 2.75) is 13.8 Å². The molecule has 142 valence electrons. The van der Waals surface area contributed by atoms with E-state index >= 15 is 0 Å². The Balaban J connectivity index is 1.95. The number of hydrogen-bond donors (Lipinski definition) is 1. The zero-order chi connectivity index (χ0) is 19.8. The zero-order valence-electron chi connectivity index (χ0n) is 15.2. The van der Waals surface area contributed by atoms with Crippen molar-refractivity contribution in [1.82, 2.24) is 4.90 Å². The van der Waals surface area contributed by atoms with Crippen LogP contribution < -0.4 is 5.32 Å². The maximum atomic E-state index is 13.1. The van der Waals surface area contributed by atoms with E-state index in [9.17, 15) is 18.8 Å². The topological polar surface area (TPSA) is 75.7 Å². The maximum Gasteiger partial charge on any atom is 0.338 e. The Morgan fingerprint density at radius 1 is 1.00 bits per heavy atom. The lowest BCUT2D eigenvalue weighted by Crippen LogP contribution is -2.30. The summed E-state index contributed by atoms with van der Waals surface area (Å²) in [6.45, 7) is 4.42. The van der Waals surface area contributed by atoms with Gasteiger partial charge in [-0.15, -0.1) is 0 Å². The smallest absolute Gasteiger partial charge is 0.338 e. The van der Waals surface area contributed by atoms with Crippen molar-refractivity contribution in [1.29, 1.82) is 0 Å². The highest BCUT2D eigenvalue weighted by atomic mass is 19.1. The number of rotatable bonds is 7. The quantitative estimate of drug-likeness (QED) is 0.758. The first-order chi connectivity index (χ1) is 12.9. The van der Waals surface area contributed by atoms with E-state index in [0.717, 1.165) is 6.07 Å². The summed E-state index contributed by atoms with van der Waals surface area (Å²) in [6.07, 6.45) is 0. The number of hydrogen-bond acceptors (Lipinski definition) is 4. The molecule has 0 unspecified atom stereocenters. The van der Waals surface area contributed by atoms with Gasteiger partial charge in [-0.25, -0.2) is 9.18 Å². The first-order valence-corrected chi connectivity index (χ1v) is 8.56. The largest absolute Gasteiger partial charge is 0.452 e. The van der Waals surface area contributed by atoms with Crippen LogP contribution in [-0.4, -0.2) is 42.4 Å². The Labute approximate surface area is 156 Å². The zero-order valence-corrected chi connectivity index (χ0v) is 15.2. The number of amides is 2.